The average molecular weight is 189 g/mol. The molecule has 0 aromatic carbocycles. The summed E-state index contributed by atoms with van der Waals surface area (Å²) in [4.78, 5) is 23.3. The molecule has 0 saturated heterocycles. The second-order valence-corrected chi connectivity index (χ2v) is 2.71. The molecule has 13 heavy (non-hydrogen) atoms. The number of hydrogen-bond donors (Lipinski definition) is 0. The monoisotopic (exact) mass is 189 g/mol. The Morgan fingerprint density at radius 2 is 1.92 bits per heavy atom. The molecule has 0 aliphatic rings. The van der Waals surface area contributed by atoms with E-state index in [1.807, 2.05) is 0 Å². The number of amides is 1. The van der Waals surface area contributed by atoms with Crippen LogP contribution >= 0.6 is 0 Å². The number of ether oxygens (including phenoxy) is 2. The maximum Gasteiger partial charge on any atom is 0.396 e. The summed E-state index contributed by atoms with van der Waals surface area (Å²) in [6.07, 6.45) is 0. The van der Waals surface area contributed by atoms with Crippen molar-refractivity contribution >= 4 is 11.9 Å². The summed E-state index contributed by atoms with van der Waals surface area (Å²) in [5.41, 5.74) is 0. The Balaban J connectivity index is 4.16. The van der Waals surface area contributed by atoms with E-state index in [4.69, 9.17) is 4.74 Å². The summed E-state index contributed by atoms with van der Waals surface area (Å²) < 4.78 is 9.13. The van der Waals surface area contributed by atoms with Gasteiger partial charge in [0.05, 0.1) is 19.8 Å². The van der Waals surface area contributed by atoms with Crippen LogP contribution in [-0.2, 0) is 19.1 Å². The lowest BCUT2D eigenvalue weighted by Crippen LogP contribution is -2.42. The topological polar surface area (TPSA) is 55.8 Å². The van der Waals surface area contributed by atoms with Crippen molar-refractivity contribution in [2.75, 3.05) is 27.9 Å². The predicted octanol–water partition coefficient (Wildman–Crippen LogP) is -0.347. The van der Waals surface area contributed by atoms with Gasteiger partial charge in [-0.3, -0.25) is 4.79 Å². The van der Waals surface area contributed by atoms with E-state index in [0.29, 0.717) is 6.61 Å². The zero-order valence-corrected chi connectivity index (χ0v) is 8.36. The van der Waals surface area contributed by atoms with Crippen LogP contribution in [0.5, 0.6) is 0 Å². The molecule has 1 amide bonds. The predicted molar refractivity (Wildman–Crippen MR) is 46.1 cm³/mol. The molecule has 5 nitrogen and oxygen atoms in total. The van der Waals surface area contributed by atoms with Crippen LogP contribution in [0.4, 0.5) is 0 Å². The summed E-state index contributed by atoms with van der Waals surface area (Å²) in [6.45, 7) is 2.17. The Bertz CT molecular complexity index is 193. The highest BCUT2D eigenvalue weighted by atomic mass is 16.5. The molecule has 0 saturated carbocycles. The zero-order chi connectivity index (χ0) is 10.4. The van der Waals surface area contributed by atoms with Crippen molar-refractivity contribution in [2.45, 2.75) is 13.0 Å². The van der Waals surface area contributed by atoms with Crippen LogP contribution in [0.3, 0.4) is 0 Å². The van der Waals surface area contributed by atoms with Crippen molar-refractivity contribution in [3.8, 4) is 0 Å². The normalized spacial score (nSPS) is 12.0. The SMILES string of the molecule is COCC(C)N(C)C(=O)C(=O)OC. The molecule has 0 aromatic heterocycles. The highest BCUT2D eigenvalue weighted by Gasteiger charge is 2.22. The third-order valence-electron chi connectivity index (χ3n) is 1.75. The molecule has 0 aliphatic heterocycles. The number of carbonyl (C=O) groups is 2. The van der Waals surface area contributed by atoms with Gasteiger partial charge in [-0.1, -0.05) is 0 Å². The van der Waals surface area contributed by atoms with Crippen molar-refractivity contribution in [1.82, 2.24) is 4.90 Å². The first-order chi connectivity index (χ1) is 6.04. The van der Waals surface area contributed by atoms with E-state index in [2.05, 4.69) is 4.74 Å². The molecule has 0 bridgehead atoms. The number of rotatable bonds is 3. The van der Waals surface area contributed by atoms with Crippen LogP contribution in [0.2, 0.25) is 0 Å². The molecule has 76 valence electrons. The van der Waals surface area contributed by atoms with Crippen LogP contribution in [0.15, 0.2) is 0 Å². The lowest BCUT2D eigenvalue weighted by Gasteiger charge is -2.22. The molecule has 0 radical (unpaired) electrons. The van der Waals surface area contributed by atoms with Gasteiger partial charge in [-0.05, 0) is 6.92 Å². The molecule has 0 fully saturated rings. The number of esters is 1. The quantitative estimate of drug-likeness (QED) is 0.450. The molecule has 0 N–H and O–H groups in total. The third kappa shape index (κ3) is 3.42. The van der Waals surface area contributed by atoms with E-state index >= 15 is 0 Å². The van der Waals surface area contributed by atoms with Gasteiger partial charge in [0.25, 0.3) is 0 Å². The Morgan fingerprint density at radius 3 is 2.31 bits per heavy atom. The Kier molecular flexibility index (Phi) is 5.06. The fourth-order valence-corrected chi connectivity index (χ4v) is 0.784. The summed E-state index contributed by atoms with van der Waals surface area (Å²) in [5.74, 6) is -1.52. The number of methoxy groups -OCH3 is 2. The number of carbonyl (C=O) groups excluding carboxylic acids is 2. The summed E-state index contributed by atoms with van der Waals surface area (Å²) >= 11 is 0. The molecular formula is C8H15NO4. The van der Waals surface area contributed by atoms with Gasteiger partial charge in [-0.2, -0.15) is 0 Å². The lowest BCUT2D eigenvalue weighted by molar-refractivity contribution is -0.158. The second kappa shape index (κ2) is 5.53. The summed E-state index contributed by atoms with van der Waals surface area (Å²) in [5, 5.41) is 0. The zero-order valence-electron chi connectivity index (χ0n) is 8.36. The molecule has 5 heteroatoms. The Hall–Kier alpha value is -1.10. The average Bonchev–Trinajstić information content (AvgIpc) is 2.14. The van der Waals surface area contributed by atoms with Crippen molar-refractivity contribution in [2.24, 2.45) is 0 Å². The smallest absolute Gasteiger partial charge is 0.396 e. The van der Waals surface area contributed by atoms with E-state index in [-0.39, 0.29) is 6.04 Å². The minimum atomic E-state index is -0.856. The lowest BCUT2D eigenvalue weighted by atomic mass is 10.3. The molecule has 0 aromatic rings. The van der Waals surface area contributed by atoms with E-state index < -0.39 is 11.9 Å². The molecular weight excluding hydrogens is 174 g/mol. The minimum absolute atomic E-state index is 0.142. The molecule has 0 aliphatic carbocycles. The highest BCUT2D eigenvalue weighted by molar-refractivity contribution is 6.32. The van der Waals surface area contributed by atoms with Crippen LogP contribution in [-0.4, -0.2) is 50.7 Å². The highest BCUT2D eigenvalue weighted by Crippen LogP contribution is 1.97. The molecule has 0 heterocycles. The van der Waals surface area contributed by atoms with E-state index in [9.17, 15) is 9.59 Å². The molecule has 1 atom stereocenters. The Morgan fingerprint density at radius 1 is 1.38 bits per heavy atom. The minimum Gasteiger partial charge on any atom is -0.462 e. The molecule has 0 spiro atoms. The van der Waals surface area contributed by atoms with Crippen LogP contribution in [0.25, 0.3) is 0 Å². The molecule has 0 rings (SSSR count). The first-order valence-electron chi connectivity index (χ1n) is 3.88. The van der Waals surface area contributed by atoms with E-state index in [1.165, 1.54) is 26.2 Å². The number of nitrogens with zero attached hydrogens (tertiary/aromatic N) is 1. The van der Waals surface area contributed by atoms with Crippen molar-refractivity contribution in [3.05, 3.63) is 0 Å². The van der Waals surface area contributed by atoms with Gasteiger partial charge in [0.1, 0.15) is 0 Å². The van der Waals surface area contributed by atoms with Crippen LogP contribution in [0, 0.1) is 0 Å². The van der Waals surface area contributed by atoms with Gasteiger partial charge in [-0.15, -0.1) is 0 Å². The van der Waals surface area contributed by atoms with Gasteiger partial charge in [0.15, 0.2) is 0 Å². The maximum atomic E-state index is 11.2. The maximum absolute atomic E-state index is 11.2. The van der Waals surface area contributed by atoms with E-state index in [1.54, 1.807) is 6.92 Å². The number of hydrogen-bond acceptors (Lipinski definition) is 4. The van der Waals surface area contributed by atoms with Crippen LogP contribution in [0.1, 0.15) is 6.92 Å². The second-order valence-electron chi connectivity index (χ2n) is 2.71. The Labute approximate surface area is 77.6 Å². The standard InChI is InChI=1S/C8H15NO4/c1-6(5-12-3)9(2)7(10)8(11)13-4/h6H,5H2,1-4H3. The van der Waals surface area contributed by atoms with Gasteiger partial charge in [0, 0.05) is 14.2 Å². The number of likely N-dealkylation sites (N-methyl/N-ethyl adjacent to an activating group) is 1. The summed E-state index contributed by atoms with van der Waals surface area (Å²) in [7, 11) is 4.24. The third-order valence-corrected chi connectivity index (χ3v) is 1.75. The van der Waals surface area contributed by atoms with Crippen molar-refractivity contribution in [3.63, 3.8) is 0 Å². The van der Waals surface area contributed by atoms with Gasteiger partial charge in [-0.25, -0.2) is 4.79 Å². The summed E-state index contributed by atoms with van der Waals surface area (Å²) in [6, 6.07) is -0.142. The largest absolute Gasteiger partial charge is 0.462 e. The van der Waals surface area contributed by atoms with Gasteiger partial charge >= 0.3 is 11.9 Å². The first kappa shape index (κ1) is 11.9. The van der Waals surface area contributed by atoms with Crippen molar-refractivity contribution in [1.29, 1.82) is 0 Å². The first-order valence-corrected chi connectivity index (χ1v) is 3.88. The fourth-order valence-electron chi connectivity index (χ4n) is 0.784. The fraction of sp³-hybridized carbons (Fsp3) is 0.750. The van der Waals surface area contributed by atoms with Crippen LogP contribution < -0.4 is 0 Å². The van der Waals surface area contributed by atoms with Gasteiger partial charge < -0.3 is 14.4 Å². The molecule has 1 unspecified atom stereocenters. The van der Waals surface area contributed by atoms with Crippen molar-refractivity contribution < 1.29 is 19.1 Å². The van der Waals surface area contributed by atoms with Gasteiger partial charge in [0.2, 0.25) is 0 Å². The van der Waals surface area contributed by atoms with E-state index in [0.717, 1.165) is 0 Å².